The molecular formula is C19H39NO5. The van der Waals surface area contributed by atoms with Crippen molar-refractivity contribution in [3.8, 4) is 0 Å². The van der Waals surface area contributed by atoms with Gasteiger partial charge in [0.15, 0.2) is 0 Å². The highest BCUT2D eigenvalue weighted by atomic mass is 16.9. The molecule has 0 rings (SSSR count). The summed E-state index contributed by atoms with van der Waals surface area (Å²) < 4.78 is 5.12. The fraction of sp³-hybridized carbons (Fsp3) is 0.947. The van der Waals surface area contributed by atoms with Gasteiger partial charge in [0.05, 0.1) is 6.10 Å². The second-order valence-corrected chi connectivity index (χ2v) is 6.77. The number of carbonyl (C=O) groups excluding carboxylic acids is 1. The average Bonchev–Trinajstić information content (AvgIpc) is 2.50. The summed E-state index contributed by atoms with van der Waals surface area (Å²) in [6.07, 6.45) is 18.0. The molecule has 0 saturated carbocycles. The molecular weight excluding hydrogens is 322 g/mol. The Morgan fingerprint density at radius 1 is 0.880 bits per heavy atom. The maximum Gasteiger partial charge on any atom is 0.306 e. The average molecular weight is 362 g/mol. The molecule has 0 aliphatic carbocycles. The highest BCUT2D eigenvalue weighted by molar-refractivity contribution is 5.69. The molecule has 0 fully saturated rings. The minimum atomic E-state index is -1.50. The number of unbranched alkanes of at least 4 members (excludes halogenated alkanes) is 12. The zero-order valence-electron chi connectivity index (χ0n) is 16.5. The van der Waals surface area contributed by atoms with Gasteiger partial charge in [0.2, 0.25) is 0 Å². The summed E-state index contributed by atoms with van der Waals surface area (Å²) in [5, 5.41) is 13.6. The van der Waals surface area contributed by atoms with Gasteiger partial charge < -0.3 is 9.94 Å². The third kappa shape index (κ3) is 31.0. The Morgan fingerprint density at radius 3 is 1.52 bits per heavy atom. The zero-order chi connectivity index (χ0) is 19.3. The van der Waals surface area contributed by atoms with Crippen LogP contribution in [0.5, 0.6) is 0 Å². The first-order valence-corrected chi connectivity index (χ1v) is 9.92. The van der Waals surface area contributed by atoms with Crippen LogP contribution in [0.25, 0.3) is 0 Å². The zero-order valence-corrected chi connectivity index (χ0v) is 16.5. The Labute approximate surface area is 153 Å². The van der Waals surface area contributed by atoms with Gasteiger partial charge in [0.25, 0.3) is 5.09 Å². The first kappa shape index (κ1) is 25.9. The van der Waals surface area contributed by atoms with Crippen molar-refractivity contribution in [2.24, 2.45) is 0 Å². The van der Waals surface area contributed by atoms with Crippen LogP contribution in [-0.2, 0) is 9.53 Å². The molecule has 0 aliphatic heterocycles. The smallest absolute Gasteiger partial charge is 0.306 e. The van der Waals surface area contributed by atoms with E-state index in [0.717, 1.165) is 6.42 Å². The number of esters is 1. The van der Waals surface area contributed by atoms with Crippen molar-refractivity contribution >= 4 is 5.97 Å². The summed E-state index contributed by atoms with van der Waals surface area (Å²) in [6.45, 7) is 6.08. The molecule has 0 bridgehead atoms. The van der Waals surface area contributed by atoms with E-state index in [0.29, 0.717) is 6.42 Å². The van der Waals surface area contributed by atoms with Crippen LogP contribution in [0.15, 0.2) is 0 Å². The van der Waals surface area contributed by atoms with Gasteiger partial charge in [-0.2, -0.15) is 0 Å². The number of rotatable bonds is 15. The first-order valence-electron chi connectivity index (χ1n) is 9.92. The summed E-state index contributed by atoms with van der Waals surface area (Å²) >= 11 is 0. The summed E-state index contributed by atoms with van der Waals surface area (Å²) in [4.78, 5) is 19.7. The van der Waals surface area contributed by atoms with Crippen LogP contribution in [0.4, 0.5) is 0 Å². The van der Waals surface area contributed by atoms with E-state index < -0.39 is 5.09 Å². The maximum atomic E-state index is 11.3. The number of hydrogen-bond donors (Lipinski definition) is 1. The van der Waals surface area contributed by atoms with Crippen molar-refractivity contribution in [1.29, 1.82) is 0 Å². The fourth-order valence-electron chi connectivity index (χ4n) is 2.61. The van der Waals surface area contributed by atoms with Gasteiger partial charge in [0, 0.05) is 6.42 Å². The minimum absolute atomic E-state index is 0.0273. The summed E-state index contributed by atoms with van der Waals surface area (Å²) in [5.41, 5.74) is 0. The van der Waals surface area contributed by atoms with Crippen LogP contribution in [0.2, 0.25) is 0 Å². The van der Waals surface area contributed by atoms with Crippen molar-refractivity contribution in [2.75, 3.05) is 0 Å². The summed E-state index contributed by atoms with van der Waals surface area (Å²) in [5.74, 6) is -0.0342. The standard InChI is InChI=1S/C19H38O2.HNO3/c1-4-5-6-7-8-9-10-11-12-13-14-15-16-17-19(20)21-18(2)3;2-1(3)4/h18H,4-17H2,1-3H3;(H,2,3,4). The van der Waals surface area contributed by atoms with Crippen LogP contribution in [0, 0.1) is 10.1 Å². The van der Waals surface area contributed by atoms with E-state index in [4.69, 9.17) is 20.1 Å². The van der Waals surface area contributed by atoms with E-state index in [1.165, 1.54) is 77.0 Å². The molecule has 6 heteroatoms. The molecule has 25 heavy (non-hydrogen) atoms. The van der Waals surface area contributed by atoms with E-state index in [-0.39, 0.29) is 12.1 Å². The van der Waals surface area contributed by atoms with Crippen molar-refractivity contribution < 1.29 is 19.8 Å². The van der Waals surface area contributed by atoms with Crippen molar-refractivity contribution in [1.82, 2.24) is 0 Å². The van der Waals surface area contributed by atoms with Gasteiger partial charge in [0.1, 0.15) is 0 Å². The number of nitrogens with zero attached hydrogens (tertiary/aromatic N) is 1. The predicted octanol–water partition coefficient (Wildman–Crippen LogP) is 6.07. The number of ether oxygens (including phenoxy) is 1. The van der Waals surface area contributed by atoms with Gasteiger partial charge >= 0.3 is 5.97 Å². The molecule has 0 aliphatic rings. The first-order chi connectivity index (χ1) is 11.9. The highest BCUT2D eigenvalue weighted by Crippen LogP contribution is 2.13. The summed E-state index contributed by atoms with van der Waals surface area (Å²) in [6, 6.07) is 0. The molecule has 0 heterocycles. The lowest BCUT2D eigenvalue weighted by molar-refractivity contribution is -0.742. The fourth-order valence-corrected chi connectivity index (χ4v) is 2.61. The van der Waals surface area contributed by atoms with E-state index in [2.05, 4.69) is 6.92 Å². The monoisotopic (exact) mass is 361 g/mol. The molecule has 0 aromatic heterocycles. The van der Waals surface area contributed by atoms with E-state index in [1.54, 1.807) is 0 Å². The van der Waals surface area contributed by atoms with Crippen molar-refractivity contribution in [3.05, 3.63) is 10.1 Å². The van der Waals surface area contributed by atoms with Crippen LogP contribution in [0.1, 0.15) is 111 Å². The largest absolute Gasteiger partial charge is 0.463 e. The molecule has 0 amide bonds. The number of hydrogen-bond acceptors (Lipinski definition) is 4. The van der Waals surface area contributed by atoms with Crippen LogP contribution >= 0.6 is 0 Å². The van der Waals surface area contributed by atoms with Gasteiger partial charge in [-0.15, -0.1) is 10.1 Å². The Hall–Kier alpha value is -1.33. The Balaban J connectivity index is 0. The third-order valence-corrected chi connectivity index (χ3v) is 3.85. The molecule has 0 aromatic rings. The lowest BCUT2D eigenvalue weighted by Crippen LogP contribution is -2.10. The van der Waals surface area contributed by atoms with E-state index >= 15 is 0 Å². The number of carbonyl (C=O) groups is 1. The molecule has 0 atom stereocenters. The molecule has 6 nitrogen and oxygen atoms in total. The molecule has 0 saturated heterocycles. The molecule has 150 valence electrons. The van der Waals surface area contributed by atoms with Crippen LogP contribution < -0.4 is 0 Å². The van der Waals surface area contributed by atoms with Gasteiger partial charge in [-0.05, 0) is 20.3 Å². The molecule has 0 spiro atoms. The van der Waals surface area contributed by atoms with Crippen LogP contribution in [0.3, 0.4) is 0 Å². The normalized spacial score (nSPS) is 10.2. The molecule has 1 N–H and O–H groups in total. The van der Waals surface area contributed by atoms with E-state index in [1.807, 2.05) is 13.8 Å². The SMILES string of the molecule is CCCCCCCCCCCCCCCC(=O)OC(C)C.O=[N+]([O-])O. The molecule has 0 radical (unpaired) electrons. The van der Waals surface area contributed by atoms with Crippen molar-refractivity contribution in [3.63, 3.8) is 0 Å². The van der Waals surface area contributed by atoms with Gasteiger partial charge in [-0.25, -0.2) is 0 Å². The topological polar surface area (TPSA) is 89.7 Å². The van der Waals surface area contributed by atoms with Gasteiger partial charge in [-0.1, -0.05) is 84.0 Å². The third-order valence-electron chi connectivity index (χ3n) is 3.85. The van der Waals surface area contributed by atoms with Crippen LogP contribution in [-0.4, -0.2) is 22.4 Å². The van der Waals surface area contributed by atoms with Crippen molar-refractivity contribution in [2.45, 2.75) is 117 Å². The molecule has 0 aromatic carbocycles. The van der Waals surface area contributed by atoms with Gasteiger partial charge in [-0.3, -0.25) is 4.79 Å². The quantitative estimate of drug-likeness (QED) is 0.165. The summed E-state index contributed by atoms with van der Waals surface area (Å²) in [7, 11) is 0. The lowest BCUT2D eigenvalue weighted by atomic mass is 10.0. The minimum Gasteiger partial charge on any atom is -0.463 e. The van der Waals surface area contributed by atoms with E-state index in [9.17, 15) is 4.79 Å². The molecule has 0 unspecified atom stereocenters. The Kier molecular flexibility index (Phi) is 21.5. The Morgan fingerprint density at radius 2 is 1.20 bits per heavy atom. The maximum absolute atomic E-state index is 11.3. The second kappa shape index (κ2) is 20.7. The lowest BCUT2D eigenvalue weighted by Gasteiger charge is -2.07. The Bertz CT molecular complexity index is 304. The second-order valence-electron chi connectivity index (χ2n) is 6.77. The highest BCUT2D eigenvalue weighted by Gasteiger charge is 2.04. The predicted molar refractivity (Wildman–Crippen MR) is 100 cm³/mol.